The van der Waals surface area contributed by atoms with Crippen molar-refractivity contribution in [3.63, 3.8) is 0 Å². The molecule has 0 saturated heterocycles. The van der Waals surface area contributed by atoms with Crippen LogP contribution in [-0.4, -0.2) is 22.4 Å². The first-order valence-corrected chi connectivity index (χ1v) is 5.56. The largest absolute Gasteiger partial charge is 0.393 e. The molecule has 2 atom stereocenters. The molecular weight excluding hydrogens is 164 g/mol. The smallest absolute Gasteiger partial charge is 0.0540 e. The average Bonchev–Trinajstić information content (AvgIpc) is 2.05. The highest BCUT2D eigenvalue weighted by atomic mass is 16.3. The summed E-state index contributed by atoms with van der Waals surface area (Å²) in [6, 6.07) is 0. The molecule has 0 unspecified atom stereocenters. The molecule has 0 aromatic rings. The lowest BCUT2D eigenvalue weighted by atomic mass is 10.0. The van der Waals surface area contributed by atoms with Gasteiger partial charge in [-0.2, -0.15) is 0 Å². The predicted octanol–water partition coefficient (Wildman–Crippen LogP) is 2.48. The van der Waals surface area contributed by atoms with Crippen LogP contribution in [0.25, 0.3) is 0 Å². The van der Waals surface area contributed by atoms with E-state index >= 15 is 0 Å². The first-order valence-electron chi connectivity index (χ1n) is 5.56. The van der Waals surface area contributed by atoms with Crippen molar-refractivity contribution in [3.05, 3.63) is 0 Å². The first kappa shape index (κ1) is 12.9. The van der Waals surface area contributed by atoms with E-state index in [-0.39, 0.29) is 12.2 Å². The molecule has 13 heavy (non-hydrogen) atoms. The van der Waals surface area contributed by atoms with Crippen LogP contribution in [0, 0.1) is 0 Å². The van der Waals surface area contributed by atoms with E-state index in [2.05, 4.69) is 13.8 Å². The second-order valence-corrected chi connectivity index (χ2v) is 3.82. The van der Waals surface area contributed by atoms with Crippen LogP contribution >= 0.6 is 0 Å². The third kappa shape index (κ3) is 8.26. The maximum Gasteiger partial charge on any atom is 0.0540 e. The summed E-state index contributed by atoms with van der Waals surface area (Å²) < 4.78 is 0. The topological polar surface area (TPSA) is 40.5 Å². The maximum atomic E-state index is 9.41. The highest BCUT2D eigenvalue weighted by Crippen LogP contribution is 2.10. The van der Waals surface area contributed by atoms with Gasteiger partial charge in [0.1, 0.15) is 0 Å². The molecule has 0 aromatic carbocycles. The Morgan fingerprint density at radius 2 is 1.15 bits per heavy atom. The molecular formula is C11H24O2. The standard InChI is InChI=1S/C11H24O2/c1-3-6-10(12)8-5-9-11(13)7-4-2/h10-13H,3-9H2,1-2H3/t10-,11+. The number of hydrogen-bond donors (Lipinski definition) is 2. The zero-order valence-corrected chi connectivity index (χ0v) is 9.00. The van der Waals surface area contributed by atoms with Crippen LogP contribution in [0.15, 0.2) is 0 Å². The minimum Gasteiger partial charge on any atom is -0.393 e. The summed E-state index contributed by atoms with van der Waals surface area (Å²) in [6.45, 7) is 4.16. The van der Waals surface area contributed by atoms with Crippen molar-refractivity contribution in [1.29, 1.82) is 0 Å². The van der Waals surface area contributed by atoms with Gasteiger partial charge in [-0.25, -0.2) is 0 Å². The summed E-state index contributed by atoms with van der Waals surface area (Å²) in [5.74, 6) is 0. The molecule has 0 spiro atoms. The molecule has 2 N–H and O–H groups in total. The van der Waals surface area contributed by atoms with Crippen LogP contribution in [0.2, 0.25) is 0 Å². The Kier molecular flexibility index (Phi) is 8.46. The molecule has 0 radical (unpaired) electrons. The Bertz CT molecular complexity index is 92.3. The Labute approximate surface area is 82.0 Å². The summed E-state index contributed by atoms with van der Waals surface area (Å²) in [5, 5.41) is 18.8. The van der Waals surface area contributed by atoms with Gasteiger partial charge in [-0.1, -0.05) is 26.7 Å². The maximum absolute atomic E-state index is 9.41. The molecule has 0 amide bonds. The van der Waals surface area contributed by atoms with Gasteiger partial charge >= 0.3 is 0 Å². The van der Waals surface area contributed by atoms with E-state index in [4.69, 9.17) is 0 Å². The quantitative estimate of drug-likeness (QED) is 0.614. The molecule has 0 rings (SSSR count). The molecule has 0 heterocycles. The molecule has 2 heteroatoms. The van der Waals surface area contributed by atoms with Crippen molar-refractivity contribution in [2.75, 3.05) is 0 Å². The van der Waals surface area contributed by atoms with Crippen LogP contribution in [0.1, 0.15) is 58.8 Å². The van der Waals surface area contributed by atoms with Gasteiger partial charge in [0.05, 0.1) is 12.2 Å². The monoisotopic (exact) mass is 188 g/mol. The fourth-order valence-corrected chi connectivity index (χ4v) is 1.54. The fourth-order valence-electron chi connectivity index (χ4n) is 1.54. The number of aliphatic hydroxyl groups is 2. The molecule has 0 fully saturated rings. The summed E-state index contributed by atoms with van der Waals surface area (Å²) in [4.78, 5) is 0. The predicted molar refractivity (Wildman–Crippen MR) is 55.7 cm³/mol. The van der Waals surface area contributed by atoms with Crippen molar-refractivity contribution in [3.8, 4) is 0 Å². The Morgan fingerprint density at radius 3 is 1.46 bits per heavy atom. The van der Waals surface area contributed by atoms with Gasteiger partial charge in [0.15, 0.2) is 0 Å². The van der Waals surface area contributed by atoms with Crippen LogP contribution in [0.3, 0.4) is 0 Å². The Balaban J connectivity index is 3.23. The van der Waals surface area contributed by atoms with Crippen molar-refractivity contribution in [1.82, 2.24) is 0 Å². The van der Waals surface area contributed by atoms with E-state index in [1.54, 1.807) is 0 Å². The highest BCUT2D eigenvalue weighted by Gasteiger charge is 2.05. The zero-order valence-electron chi connectivity index (χ0n) is 9.00. The average molecular weight is 188 g/mol. The molecule has 0 aliphatic heterocycles. The Morgan fingerprint density at radius 1 is 0.769 bits per heavy atom. The third-order valence-electron chi connectivity index (χ3n) is 2.32. The van der Waals surface area contributed by atoms with Crippen LogP contribution in [0.4, 0.5) is 0 Å². The van der Waals surface area contributed by atoms with E-state index in [1.807, 2.05) is 0 Å². The van der Waals surface area contributed by atoms with E-state index in [0.29, 0.717) is 0 Å². The molecule has 0 aliphatic rings. The minimum atomic E-state index is -0.154. The third-order valence-corrected chi connectivity index (χ3v) is 2.32. The highest BCUT2D eigenvalue weighted by molar-refractivity contribution is 4.59. The molecule has 0 saturated carbocycles. The number of rotatable bonds is 8. The van der Waals surface area contributed by atoms with Crippen molar-refractivity contribution in [2.24, 2.45) is 0 Å². The molecule has 0 aromatic heterocycles. The lowest BCUT2D eigenvalue weighted by Gasteiger charge is -2.11. The van der Waals surface area contributed by atoms with Gasteiger partial charge in [0.2, 0.25) is 0 Å². The molecule has 2 nitrogen and oxygen atoms in total. The van der Waals surface area contributed by atoms with E-state index in [1.165, 1.54) is 0 Å². The van der Waals surface area contributed by atoms with Crippen molar-refractivity contribution in [2.45, 2.75) is 71.0 Å². The summed E-state index contributed by atoms with van der Waals surface area (Å²) >= 11 is 0. The lowest BCUT2D eigenvalue weighted by Crippen LogP contribution is -2.09. The lowest BCUT2D eigenvalue weighted by molar-refractivity contribution is 0.123. The van der Waals surface area contributed by atoms with Gasteiger partial charge in [0.25, 0.3) is 0 Å². The van der Waals surface area contributed by atoms with Crippen LogP contribution < -0.4 is 0 Å². The van der Waals surface area contributed by atoms with Gasteiger partial charge < -0.3 is 10.2 Å². The van der Waals surface area contributed by atoms with Gasteiger partial charge in [-0.3, -0.25) is 0 Å². The summed E-state index contributed by atoms with van der Waals surface area (Å²) in [7, 11) is 0. The first-order chi connectivity index (χ1) is 6.20. The number of aliphatic hydroxyl groups excluding tert-OH is 2. The summed E-state index contributed by atoms with van der Waals surface area (Å²) in [5.41, 5.74) is 0. The zero-order chi connectivity index (χ0) is 10.1. The van der Waals surface area contributed by atoms with Gasteiger partial charge in [0, 0.05) is 0 Å². The fraction of sp³-hybridized carbons (Fsp3) is 1.00. The second kappa shape index (κ2) is 8.52. The van der Waals surface area contributed by atoms with Gasteiger partial charge in [-0.05, 0) is 32.1 Å². The Hall–Kier alpha value is -0.0800. The van der Waals surface area contributed by atoms with E-state index in [9.17, 15) is 10.2 Å². The van der Waals surface area contributed by atoms with Crippen molar-refractivity contribution >= 4 is 0 Å². The molecule has 0 bridgehead atoms. The van der Waals surface area contributed by atoms with Crippen LogP contribution in [0.5, 0.6) is 0 Å². The minimum absolute atomic E-state index is 0.154. The van der Waals surface area contributed by atoms with E-state index in [0.717, 1.165) is 44.9 Å². The van der Waals surface area contributed by atoms with Gasteiger partial charge in [-0.15, -0.1) is 0 Å². The SMILES string of the molecule is CCC[C@@H](O)CCC[C@@H](O)CCC. The molecule has 80 valence electrons. The van der Waals surface area contributed by atoms with Crippen LogP contribution in [-0.2, 0) is 0 Å². The normalized spacial score (nSPS) is 15.7. The summed E-state index contributed by atoms with van der Waals surface area (Å²) in [6.07, 6.45) is 6.19. The number of hydrogen-bond acceptors (Lipinski definition) is 2. The second-order valence-electron chi connectivity index (χ2n) is 3.82. The van der Waals surface area contributed by atoms with E-state index < -0.39 is 0 Å². The molecule has 0 aliphatic carbocycles. The van der Waals surface area contributed by atoms with Crippen molar-refractivity contribution < 1.29 is 10.2 Å².